The molecule has 5 rings (SSSR count). The first-order valence-electron chi connectivity index (χ1n) is 13.3. The highest BCUT2D eigenvalue weighted by atomic mass is 16.6. The van der Waals surface area contributed by atoms with Gasteiger partial charge in [0.25, 0.3) is 5.69 Å². The number of hydrogen-bond acceptors (Lipinski definition) is 8. The van der Waals surface area contributed by atoms with Crippen molar-refractivity contribution in [2.24, 2.45) is 4.99 Å². The van der Waals surface area contributed by atoms with Crippen LogP contribution >= 0.6 is 0 Å². The number of nitrogens with zero attached hydrogens (tertiary/aromatic N) is 5. The highest BCUT2D eigenvalue weighted by Crippen LogP contribution is 2.33. The number of piperazine rings is 1. The number of likely N-dealkylation sites (N-methyl/N-ethyl adjacent to an activating group) is 2. The number of rotatable bonds is 8. The molecule has 0 saturated carbocycles. The number of carbonyl (C=O) groups excluding carboxylic acids is 1. The van der Waals surface area contributed by atoms with Gasteiger partial charge in [-0.25, -0.2) is 9.79 Å². The molecule has 42 heavy (non-hydrogen) atoms. The molecule has 0 bridgehead atoms. The third-order valence-corrected chi connectivity index (χ3v) is 7.40. The van der Waals surface area contributed by atoms with Crippen molar-refractivity contribution in [3.63, 3.8) is 0 Å². The van der Waals surface area contributed by atoms with Crippen LogP contribution < -0.4 is 4.90 Å². The molecule has 2 heterocycles. The van der Waals surface area contributed by atoms with Gasteiger partial charge in [0.2, 0.25) is 5.91 Å². The predicted octanol–water partition coefficient (Wildman–Crippen LogP) is 3.86. The van der Waals surface area contributed by atoms with E-state index in [2.05, 4.69) is 21.8 Å². The number of carboxylic acids is 1. The topological polar surface area (TPSA) is 156 Å². The average Bonchev–Trinajstić information content (AvgIpc) is 3.31. The van der Waals surface area contributed by atoms with Crippen LogP contribution in [0.2, 0.25) is 0 Å². The van der Waals surface area contributed by atoms with Gasteiger partial charge in [-0.15, -0.1) is 0 Å². The summed E-state index contributed by atoms with van der Waals surface area (Å²) in [5, 5.41) is 32.4. The summed E-state index contributed by atoms with van der Waals surface area (Å²) in [5.41, 5.74) is 2.21. The van der Waals surface area contributed by atoms with Crippen molar-refractivity contribution in [3.05, 3.63) is 93.5 Å². The highest BCUT2D eigenvalue weighted by molar-refractivity contribution is 6.22. The van der Waals surface area contributed by atoms with Crippen molar-refractivity contribution < 1.29 is 24.7 Å². The second-order valence-electron chi connectivity index (χ2n) is 10.2. The number of aromatic nitrogens is 1. The number of aromatic hydroxyl groups is 1. The Morgan fingerprint density at radius 2 is 1.74 bits per heavy atom. The molecule has 12 heteroatoms. The Balaban J connectivity index is 1.51. The number of amides is 1. The smallest absolute Gasteiger partial charge is 0.335 e. The number of nitrogens with one attached hydrogen (secondary N) is 1. The fourth-order valence-electron chi connectivity index (χ4n) is 4.91. The Labute approximate surface area is 241 Å². The SMILES string of the molecule is CN1CCN(CC(=O)N(C)c2ccc(N=C(c3cccc([N+](=O)[O-])c3)c3c(O)[nH]c4ccc(C(=O)O)cc34)cc2)CC1. The molecule has 1 saturated heterocycles. The number of aromatic amines is 1. The molecular formula is C30H30N6O6. The van der Waals surface area contributed by atoms with E-state index >= 15 is 0 Å². The molecule has 4 aromatic rings. The van der Waals surface area contributed by atoms with Gasteiger partial charge in [0, 0.05) is 67.5 Å². The molecule has 0 aliphatic carbocycles. The van der Waals surface area contributed by atoms with Gasteiger partial charge in [-0.2, -0.15) is 0 Å². The fourth-order valence-corrected chi connectivity index (χ4v) is 4.91. The van der Waals surface area contributed by atoms with E-state index in [4.69, 9.17) is 4.99 Å². The molecule has 12 nitrogen and oxygen atoms in total. The van der Waals surface area contributed by atoms with Crippen LogP contribution in [0.4, 0.5) is 17.1 Å². The van der Waals surface area contributed by atoms with Crippen LogP contribution in [0.15, 0.2) is 71.7 Å². The van der Waals surface area contributed by atoms with E-state index in [-0.39, 0.29) is 34.3 Å². The first-order chi connectivity index (χ1) is 20.1. The number of fused-ring (bicyclic) bond motifs is 1. The Kier molecular flexibility index (Phi) is 8.00. The molecule has 0 radical (unpaired) electrons. The number of carboxylic acid groups (broad SMARTS) is 1. The summed E-state index contributed by atoms with van der Waals surface area (Å²) in [4.78, 5) is 49.1. The van der Waals surface area contributed by atoms with Gasteiger partial charge >= 0.3 is 5.97 Å². The number of anilines is 1. The molecule has 1 aliphatic heterocycles. The number of carbonyl (C=O) groups is 2. The van der Waals surface area contributed by atoms with E-state index < -0.39 is 10.9 Å². The summed E-state index contributed by atoms with van der Waals surface area (Å²) in [6.45, 7) is 3.82. The Hall–Kier alpha value is -5.07. The number of nitro benzene ring substituents is 1. The van der Waals surface area contributed by atoms with Crippen molar-refractivity contribution in [2.75, 3.05) is 51.7 Å². The minimum Gasteiger partial charge on any atom is -0.494 e. The zero-order valence-corrected chi connectivity index (χ0v) is 23.1. The van der Waals surface area contributed by atoms with Gasteiger partial charge in [0.15, 0.2) is 5.88 Å². The Morgan fingerprint density at radius 3 is 2.40 bits per heavy atom. The monoisotopic (exact) mass is 570 g/mol. The zero-order chi connectivity index (χ0) is 30.0. The van der Waals surface area contributed by atoms with Crippen LogP contribution in [0.3, 0.4) is 0 Å². The van der Waals surface area contributed by atoms with Gasteiger partial charge in [-0.05, 0) is 49.5 Å². The van der Waals surface area contributed by atoms with Gasteiger partial charge < -0.3 is 25.0 Å². The first-order valence-corrected chi connectivity index (χ1v) is 13.3. The lowest BCUT2D eigenvalue weighted by atomic mass is 9.99. The third-order valence-electron chi connectivity index (χ3n) is 7.40. The maximum atomic E-state index is 12.9. The molecule has 1 aliphatic rings. The zero-order valence-electron chi connectivity index (χ0n) is 23.1. The summed E-state index contributed by atoms with van der Waals surface area (Å²) >= 11 is 0. The van der Waals surface area contributed by atoms with Crippen molar-refractivity contribution in [2.45, 2.75) is 0 Å². The third kappa shape index (κ3) is 5.99. The van der Waals surface area contributed by atoms with Crippen LogP contribution in [-0.2, 0) is 4.79 Å². The number of nitro groups is 1. The van der Waals surface area contributed by atoms with Crippen molar-refractivity contribution in [1.29, 1.82) is 0 Å². The normalized spacial score (nSPS) is 14.7. The van der Waals surface area contributed by atoms with Gasteiger partial charge in [-0.3, -0.25) is 19.8 Å². The lowest BCUT2D eigenvalue weighted by molar-refractivity contribution is -0.384. The average molecular weight is 571 g/mol. The molecule has 0 atom stereocenters. The fraction of sp³-hybridized carbons (Fsp3) is 0.233. The minimum atomic E-state index is -1.14. The summed E-state index contributed by atoms with van der Waals surface area (Å²) in [7, 11) is 3.78. The Bertz CT molecular complexity index is 1690. The number of hydrogen-bond donors (Lipinski definition) is 3. The molecule has 0 unspecified atom stereocenters. The number of non-ortho nitro benzene ring substituents is 1. The maximum absolute atomic E-state index is 12.9. The predicted molar refractivity (Wildman–Crippen MR) is 159 cm³/mol. The van der Waals surface area contributed by atoms with Crippen LogP contribution in [-0.4, -0.2) is 94.3 Å². The standard InChI is InChI=1S/C30H30N6O6/c1-33-12-14-35(15-13-33)18-26(37)34(2)22-9-7-21(8-10-22)31-28(19-4-3-5-23(16-19)36(41)42)27-24-17-20(30(39)40)6-11-25(24)32-29(27)38/h3-11,16-17,32,38H,12-15,18H2,1-2H3,(H,39,40). The van der Waals surface area contributed by atoms with E-state index in [9.17, 15) is 29.9 Å². The van der Waals surface area contributed by atoms with E-state index in [1.807, 2.05) is 0 Å². The molecule has 0 spiro atoms. The number of aliphatic imine (C=N–C) groups is 1. The number of benzene rings is 3. The second-order valence-corrected chi connectivity index (χ2v) is 10.2. The first kappa shape index (κ1) is 28.5. The van der Waals surface area contributed by atoms with Crippen molar-refractivity contribution >= 4 is 45.6 Å². The van der Waals surface area contributed by atoms with E-state index in [0.29, 0.717) is 34.4 Å². The molecule has 1 fully saturated rings. The van der Waals surface area contributed by atoms with Gasteiger partial charge in [0.1, 0.15) is 0 Å². The summed E-state index contributed by atoms with van der Waals surface area (Å²) in [6.07, 6.45) is 0. The number of aromatic carboxylic acids is 1. The Morgan fingerprint density at radius 1 is 1.02 bits per heavy atom. The lowest BCUT2D eigenvalue weighted by Crippen LogP contribution is -2.48. The molecular weight excluding hydrogens is 540 g/mol. The second kappa shape index (κ2) is 11.8. The van der Waals surface area contributed by atoms with Crippen molar-refractivity contribution in [3.8, 4) is 5.88 Å². The molecule has 1 amide bonds. The van der Waals surface area contributed by atoms with Crippen LogP contribution in [0, 0.1) is 10.1 Å². The minimum absolute atomic E-state index is 0.00905. The molecule has 1 aromatic heterocycles. The largest absolute Gasteiger partial charge is 0.494 e. The molecule has 3 N–H and O–H groups in total. The van der Waals surface area contributed by atoms with E-state index in [1.54, 1.807) is 42.3 Å². The van der Waals surface area contributed by atoms with Crippen LogP contribution in [0.5, 0.6) is 5.88 Å². The molecule has 216 valence electrons. The van der Waals surface area contributed by atoms with E-state index in [0.717, 1.165) is 26.2 Å². The maximum Gasteiger partial charge on any atom is 0.335 e. The highest BCUT2D eigenvalue weighted by Gasteiger charge is 2.22. The van der Waals surface area contributed by atoms with Gasteiger partial charge in [-0.1, -0.05) is 12.1 Å². The summed E-state index contributed by atoms with van der Waals surface area (Å²) in [6, 6.07) is 17.1. The summed E-state index contributed by atoms with van der Waals surface area (Å²) in [5.74, 6) is -1.44. The van der Waals surface area contributed by atoms with Crippen LogP contribution in [0.1, 0.15) is 21.5 Å². The van der Waals surface area contributed by atoms with E-state index in [1.165, 1.54) is 36.4 Å². The number of H-pyrrole nitrogens is 1. The van der Waals surface area contributed by atoms with Crippen molar-refractivity contribution in [1.82, 2.24) is 14.8 Å². The van der Waals surface area contributed by atoms with Crippen LogP contribution in [0.25, 0.3) is 10.9 Å². The van der Waals surface area contributed by atoms with Gasteiger partial charge in [0.05, 0.1) is 34.0 Å². The lowest BCUT2D eigenvalue weighted by Gasteiger charge is -2.32. The molecule has 3 aromatic carbocycles. The summed E-state index contributed by atoms with van der Waals surface area (Å²) < 4.78 is 0. The quantitative estimate of drug-likeness (QED) is 0.164.